The van der Waals surface area contributed by atoms with Crippen LogP contribution in [0.1, 0.15) is 41.3 Å². The minimum Gasteiger partial charge on any atom is -0.508 e. The molecule has 2 aromatic carbocycles. The summed E-state index contributed by atoms with van der Waals surface area (Å²) < 4.78 is 45.5. The van der Waals surface area contributed by atoms with Gasteiger partial charge in [0.25, 0.3) is 0 Å². The summed E-state index contributed by atoms with van der Waals surface area (Å²) in [6.45, 7) is 0. The average molecular weight is 492 g/mol. The number of aromatic amines is 1. The summed E-state index contributed by atoms with van der Waals surface area (Å²) in [5, 5.41) is 13.4. The first kappa shape index (κ1) is 21.2. The molecule has 0 unspecified atom stereocenters. The number of hydrogen-bond acceptors (Lipinski definition) is 5. The summed E-state index contributed by atoms with van der Waals surface area (Å²) >= 11 is 0. The topological polar surface area (TPSA) is 100 Å². The van der Waals surface area contributed by atoms with E-state index in [1.54, 1.807) is 30.5 Å². The highest BCUT2D eigenvalue weighted by molar-refractivity contribution is 5.93. The number of fused-ring (bicyclic) bond motifs is 3. The molecule has 0 saturated heterocycles. The number of pyridine rings is 1. The number of ether oxygens (including phenoxy) is 1. The number of benzene rings is 2. The van der Waals surface area contributed by atoms with Crippen molar-refractivity contribution in [1.29, 1.82) is 0 Å². The van der Waals surface area contributed by atoms with E-state index in [1.807, 2.05) is 0 Å². The number of alkyl halides is 3. The van der Waals surface area contributed by atoms with Gasteiger partial charge in [-0.2, -0.15) is 13.2 Å². The number of nitrogens with one attached hydrogen (secondary N) is 2. The van der Waals surface area contributed by atoms with Crippen molar-refractivity contribution in [3.05, 3.63) is 71.2 Å². The molecular formula is C26H19F3N4O3. The second kappa shape index (κ2) is 6.99. The second-order valence-electron chi connectivity index (χ2n) is 9.65. The van der Waals surface area contributed by atoms with Gasteiger partial charge in [-0.1, -0.05) is 0 Å². The maximum atomic E-state index is 13.1. The number of aromatic hydroxyl groups is 1. The van der Waals surface area contributed by atoms with Crippen molar-refractivity contribution >= 4 is 22.8 Å². The molecule has 182 valence electrons. The number of imidazole rings is 1. The number of amides is 1. The van der Waals surface area contributed by atoms with Crippen molar-refractivity contribution in [3.63, 3.8) is 0 Å². The molecule has 3 N–H and O–H groups in total. The third-order valence-corrected chi connectivity index (χ3v) is 7.59. The Labute approximate surface area is 202 Å². The van der Waals surface area contributed by atoms with Crippen LogP contribution in [-0.4, -0.2) is 26.0 Å². The molecule has 0 bridgehead atoms. The molecular weight excluding hydrogens is 473 g/mol. The van der Waals surface area contributed by atoms with E-state index in [-0.39, 0.29) is 28.9 Å². The van der Waals surface area contributed by atoms with Gasteiger partial charge < -0.3 is 20.1 Å². The third-order valence-electron chi connectivity index (χ3n) is 7.59. The van der Waals surface area contributed by atoms with Crippen LogP contribution in [-0.2, 0) is 22.8 Å². The summed E-state index contributed by atoms with van der Waals surface area (Å²) in [7, 11) is 0. The number of nitrogens with zero attached hydrogens (tertiary/aromatic N) is 2. The predicted octanol–water partition coefficient (Wildman–Crippen LogP) is 5.41. The Hall–Kier alpha value is -4.08. The first-order chi connectivity index (χ1) is 17.2. The van der Waals surface area contributed by atoms with Crippen LogP contribution in [0.3, 0.4) is 0 Å². The highest BCUT2D eigenvalue weighted by Gasteiger charge is 2.81. The van der Waals surface area contributed by atoms with Gasteiger partial charge in [-0.25, -0.2) is 9.97 Å². The minimum atomic E-state index is -4.42. The van der Waals surface area contributed by atoms with E-state index in [1.165, 1.54) is 6.07 Å². The Morgan fingerprint density at radius 2 is 1.97 bits per heavy atom. The molecule has 3 atom stereocenters. The Morgan fingerprint density at radius 3 is 2.78 bits per heavy atom. The summed E-state index contributed by atoms with van der Waals surface area (Å²) in [5.74, 6) is 2.56. The number of carbonyl (C=O) groups is 1. The lowest BCUT2D eigenvalue weighted by atomic mass is 9.95. The first-order valence-electron chi connectivity index (χ1n) is 11.6. The summed E-state index contributed by atoms with van der Waals surface area (Å²) in [6, 6.07) is 10.3. The van der Waals surface area contributed by atoms with Crippen molar-refractivity contribution < 1.29 is 27.8 Å². The Kier molecular flexibility index (Phi) is 4.12. The fourth-order valence-electron chi connectivity index (χ4n) is 5.55. The lowest BCUT2D eigenvalue weighted by Gasteiger charge is -2.19. The molecule has 3 heterocycles. The lowest BCUT2D eigenvalue weighted by molar-refractivity contribution is -0.137. The standard InChI is InChI=1S/C26H19F3N4O3/c27-26(28,29)12-1-4-17-18(9-12)32-24(31-17)25-11-16(25)22(25)15-10-13(2-5-19(15)34)36-20-7-8-30-23-14(20)3-6-21(35)33-23/h1-2,4-5,7-10,16,22,34H,3,6,11H2,(H,31,32)(H,30,33,35)/t16-,22+,25-/m0/s1. The maximum absolute atomic E-state index is 13.1. The van der Waals surface area contributed by atoms with E-state index < -0.39 is 11.7 Å². The van der Waals surface area contributed by atoms with Crippen LogP contribution in [0, 0.1) is 5.92 Å². The number of carbonyl (C=O) groups excluding carboxylic acids is 1. The van der Waals surface area contributed by atoms with E-state index in [0.29, 0.717) is 47.0 Å². The lowest BCUT2D eigenvalue weighted by Crippen LogP contribution is -2.20. The highest BCUT2D eigenvalue weighted by atomic mass is 19.4. The molecule has 0 radical (unpaired) electrons. The number of halogens is 3. The zero-order valence-corrected chi connectivity index (χ0v) is 18.7. The smallest absolute Gasteiger partial charge is 0.416 e. The Balaban J connectivity index is 1.18. The number of hydrogen-bond donors (Lipinski definition) is 3. The van der Waals surface area contributed by atoms with Crippen molar-refractivity contribution in [2.24, 2.45) is 5.92 Å². The molecule has 36 heavy (non-hydrogen) atoms. The molecule has 2 fully saturated rings. The van der Waals surface area contributed by atoms with E-state index in [4.69, 9.17) is 4.74 Å². The number of phenols is 1. The molecule has 7 rings (SSSR count). The van der Waals surface area contributed by atoms with Crippen LogP contribution in [0.2, 0.25) is 0 Å². The van der Waals surface area contributed by atoms with Crippen molar-refractivity contribution in [2.45, 2.75) is 36.8 Å². The molecule has 7 nitrogen and oxygen atoms in total. The molecule has 0 spiro atoms. The van der Waals surface area contributed by atoms with E-state index in [0.717, 1.165) is 29.7 Å². The quantitative estimate of drug-likeness (QED) is 0.354. The fraction of sp³-hybridized carbons (Fsp3) is 0.269. The number of phenolic OH excluding ortho intramolecular Hbond substituents is 1. The SMILES string of the molecule is O=C1CCc2c(Oc3ccc(O)c([C@@H]4[C@@H]5C[C@@]45c4nc5ccc(C(F)(F)F)cc5[nH]4)c3)ccnc2N1. The Bertz CT molecular complexity index is 1580. The number of aromatic nitrogens is 3. The highest BCUT2D eigenvalue weighted by Crippen LogP contribution is 2.84. The van der Waals surface area contributed by atoms with E-state index >= 15 is 0 Å². The van der Waals surface area contributed by atoms with E-state index in [2.05, 4.69) is 20.3 Å². The number of rotatable bonds is 4. The molecule has 10 heteroatoms. The fourth-order valence-corrected chi connectivity index (χ4v) is 5.55. The van der Waals surface area contributed by atoms with Crippen LogP contribution in [0.4, 0.5) is 19.0 Å². The van der Waals surface area contributed by atoms with Gasteiger partial charge in [-0.3, -0.25) is 4.79 Å². The van der Waals surface area contributed by atoms with Crippen LogP contribution < -0.4 is 10.1 Å². The van der Waals surface area contributed by atoms with Gasteiger partial charge in [0, 0.05) is 35.1 Å². The zero-order valence-electron chi connectivity index (χ0n) is 18.7. The zero-order chi connectivity index (χ0) is 24.8. The van der Waals surface area contributed by atoms with Gasteiger partial charge in [0.05, 0.1) is 16.6 Å². The first-order valence-corrected chi connectivity index (χ1v) is 11.6. The minimum absolute atomic E-state index is 0.00524. The van der Waals surface area contributed by atoms with Gasteiger partial charge in [0.1, 0.15) is 28.9 Å². The van der Waals surface area contributed by atoms with Crippen molar-refractivity contribution in [2.75, 3.05) is 5.32 Å². The number of H-pyrrole nitrogens is 1. The van der Waals surface area contributed by atoms with Crippen LogP contribution in [0.25, 0.3) is 11.0 Å². The van der Waals surface area contributed by atoms with Crippen LogP contribution >= 0.6 is 0 Å². The molecule has 4 aromatic rings. The molecule has 1 amide bonds. The van der Waals surface area contributed by atoms with Gasteiger partial charge in [-0.15, -0.1) is 0 Å². The van der Waals surface area contributed by atoms with Gasteiger partial charge in [0.2, 0.25) is 5.91 Å². The van der Waals surface area contributed by atoms with E-state index in [9.17, 15) is 23.1 Å². The largest absolute Gasteiger partial charge is 0.508 e. The Morgan fingerprint density at radius 1 is 1.11 bits per heavy atom. The normalized spacial score (nSPS) is 24.1. The van der Waals surface area contributed by atoms with Crippen LogP contribution in [0.5, 0.6) is 17.2 Å². The van der Waals surface area contributed by atoms with Gasteiger partial charge in [0.15, 0.2) is 0 Å². The number of anilines is 1. The van der Waals surface area contributed by atoms with Gasteiger partial charge in [-0.05, 0) is 61.2 Å². The van der Waals surface area contributed by atoms with Crippen molar-refractivity contribution in [3.8, 4) is 17.2 Å². The maximum Gasteiger partial charge on any atom is 0.416 e. The monoisotopic (exact) mass is 492 g/mol. The second-order valence-corrected chi connectivity index (χ2v) is 9.65. The molecule has 2 aromatic heterocycles. The summed E-state index contributed by atoms with van der Waals surface area (Å²) in [4.78, 5) is 23.6. The average Bonchev–Trinajstić information content (AvgIpc) is 3.66. The van der Waals surface area contributed by atoms with Crippen molar-refractivity contribution in [1.82, 2.24) is 15.0 Å². The molecule has 2 aliphatic carbocycles. The van der Waals surface area contributed by atoms with Gasteiger partial charge >= 0.3 is 6.18 Å². The molecule has 1 aliphatic heterocycles. The molecule has 3 aliphatic rings. The summed E-state index contributed by atoms with van der Waals surface area (Å²) in [5.41, 5.74) is 1.34. The third kappa shape index (κ3) is 3.09. The van der Waals surface area contributed by atoms with Crippen LogP contribution in [0.15, 0.2) is 48.7 Å². The molecule has 2 saturated carbocycles. The predicted molar refractivity (Wildman–Crippen MR) is 123 cm³/mol. The summed E-state index contributed by atoms with van der Waals surface area (Å²) in [6.07, 6.45) is -1.13.